The second kappa shape index (κ2) is 5.67. The van der Waals surface area contributed by atoms with E-state index in [1.807, 2.05) is 6.92 Å². The molecular weight excluding hydrogens is 340 g/mol. The van der Waals surface area contributed by atoms with Crippen LogP contribution >= 0.6 is 0 Å². The van der Waals surface area contributed by atoms with Crippen molar-refractivity contribution in [3.05, 3.63) is 23.8 Å². The van der Waals surface area contributed by atoms with Crippen LogP contribution in [0.4, 0.5) is 0 Å². The van der Waals surface area contributed by atoms with Crippen LogP contribution < -0.4 is 0 Å². The molecule has 3 aliphatic heterocycles. The normalized spacial score (nSPS) is 41.0. The Balaban J connectivity index is 1.72. The number of carbonyl (C=O) groups excluding carboxylic acids is 3. The van der Waals surface area contributed by atoms with E-state index < -0.39 is 41.6 Å². The fraction of sp³-hybridized carbons (Fsp3) is 0.632. The zero-order chi connectivity index (χ0) is 18.8. The van der Waals surface area contributed by atoms with Crippen molar-refractivity contribution in [2.24, 2.45) is 11.8 Å². The summed E-state index contributed by atoms with van der Waals surface area (Å²) in [6.45, 7) is 9.21. The molecular formula is C19H22O7. The monoisotopic (exact) mass is 362 g/mol. The summed E-state index contributed by atoms with van der Waals surface area (Å²) in [5.41, 5.74) is 0.137. The summed E-state index contributed by atoms with van der Waals surface area (Å²) < 4.78 is 22.5. The number of hydrogen-bond acceptors (Lipinski definition) is 7. The highest BCUT2D eigenvalue weighted by atomic mass is 16.7. The third-order valence-electron chi connectivity index (χ3n) is 5.58. The van der Waals surface area contributed by atoms with Gasteiger partial charge in [0.2, 0.25) is 0 Å². The van der Waals surface area contributed by atoms with Gasteiger partial charge in [-0.1, -0.05) is 20.4 Å². The summed E-state index contributed by atoms with van der Waals surface area (Å²) in [4.78, 5) is 36.6. The van der Waals surface area contributed by atoms with Gasteiger partial charge in [-0.3, -0.25) is 4.79 Å². The van der Waals surface area contributed by atoms with E-state index in [0.717, 1.165) is 0 Å². The summed E-state index contributed by atoms with van der Waals surface area (Å²) in [7, 11) is 0. The summed E-state index contributed by atoms with van der Waals surface area (Å²) in [5, 5.41) is 0. The lowest BCUT2D eigenvalue weighted by Crippen LogP contribution is -2.39. The van der Waals surface area contributed by atoms with Crippen LogP contribution in [0.2, 0.25) is 0 Å². The molecule has 2 fully saturated rings. The van der Waals surface area contributed by atoms with E-state index in [1.165, 1.54) is 0 Å². The van der Waals surface area contributed by atoms with E-state index in [0.29, 0.717) is 12.0 Å². The highest BCUT2D eigenvalue weighted by Gasteiger charge is 2.65. The second-order valence-corrected chi connectivity index (χ2v) is 7.95. The molecule has 2 bridgehead atoms. The highest BCUT2D eigenvalue weighted by molar-refractivity contribution is 5.92. The summed E-state index contributed by atoms with van der Waals surface area (Å²) in [5.74, 6) is -2.22. The largest absolute Gasteiger partial charge is 0.461 e. The lowest BCUT2D eigenvalue weighted by molar-refractivity contribution is -0.157. The molecule has 26 heavy (non-hydrogen) atoms. The Bertz CT molecular complexity index is 736. The van der Waals surface area contributed by atoms with E-state index in [4.69, 9.17) is 18.9 Å². The molecule has 4 rings (SSSR count). The van der Waals surface area contributed by atoms with Gasteiger partial charge in [0.25, 0.3) is 0 Å². The standard InChI is InChI=1S/C19H22O7/c1-8(2)16(20)24-12-6-10-5-11(23-18(10)22)7-19(4)15(26-19)14-13(12)9(3)17(21)25-14/h5,8,11-15H,3,6-7H2,1-2,4H3/t11-,12-,13+,14-,15+,19+/m0/s1. The number of carbonyl (C=O) groups is 3. The van der Waals surface area contributed by atoms with E-state index in [1.54, 1.807) is 19.9 Å². The predicted octanol–water partition coefficient (Wildman–Crippen LogP) is 1.46. The van der Waals surface area contributed by atoms with Gasteiger partial charge in [-0.15, -0.1) is 0 Å². The molecule has 0 aromatic heterocycles. The molecule has 3 heterocycles. The first-order chi connectivity index (χ1) is 12.2. The van der Waals surface area contributed by atoms with Gasteiger partial charge in [-0.2, -0.15) is 0 Å². The van der Waals surface area contributed by atoms with Crippen molar-refractivity contribution in [1.82, 2.24) is 0 Å². The first-order valence-electron chi connectivity index (χ1n) is 8.89. The SMILES string of the molecule is C=C1C(=O)O[C@H]2[C@H]1[C@@H](OC(=O)C(C)C)CC1=C[C@@H](C[C@@]3(C)O[C@H]23)OC1=O. The topological polar surface area (TPSA) is 91.4 Å². The van der Waals surface area contributed by atoms with Crippen molar-refractivity contribution in [3.63, 3.8) is 0 Å². The van der Waals surface area contributed by atoms with Crippen molar-refractivity contribution in [3.8, 4) is 0 Å². The molecule has 7 heteroatoms. The summed E-state index contributed by atoms with van der Waals surface area (Å²) >= 11 is 0. The van der Waals surface area contributed by atoms with Crippen LogP contribution in [0.15, 0.2) is 23.8 Å². The Morgan fingerprint density at radius 3 is 2.73 bits per heavy atom. The number of esters is 3. The second-order valence-electron chi connectivity index (χ2n) is 7.95. The Kier molecular flexibility index (Phi) is 3.77. The molecule has 0 spiro atoms. The van der Waals surface area contributed by atoms with Gasteiger partial charge in [-0.05, 0) is 13.0 Å². The Labute approximate surface area is 151 Å². The van der Waals surface area contributed by atoms with E-state index in [9.17, 15) is 14.4 Å². The van der Waals surface area contributed by atoms with Crippen LogP contribution in [0.25, 0.3) is 0 Å². The predicted molar refractivity (Wildman–Crippen MR) is 87.7 cm³/mol. The van der Waals surface area contributed by atoms with Crippen molar-refractivity contribution >= 4 is 17.9 Å². The number of fused-ring (bicyclic) bond motifs is 4. The number of hydrogen-bond donors (Lipinski definition) is 0. The first-order valence-corrected chi connectivity index (χ1v) is 8.89. The van der Waals surface area contributed by atoms with Crippen LogP contribution in [-0.4, -0.2) is 47.9 Å². The van der Waals surface area contributed by atoms with Gasteiger partial charge in [0.1, 0.15) is 24.4 Å². The van der Waals surface area contributed by atoms with E-state index in [2.05, 4.69) is 6.58 Å². The van der Waals surface area contributed by atoms with Gasteiger partial charge in [-0.25, -0.2) is 9.59 Å². The minimum Gasteiger partial charge on any atom is -0.461 e. The van der Waals surface area contributed by atoms with Crippen LogP contribution in [0.1, 0.15) is 33.6 Å². The minimum atomic E-state index is -0.738. The average molecular weight is 362 g/mol. The third-order valence-corrected chi connectivity index (χ3v) is 5.58. The number of rotatable bonds is 2. The van der Waals surface area contributed by atoms with Crippen LogP contribution in [0.3, 0.4) is 0 Å². The maximum atomic E-state index is 12.2. The molecule has 0 aromatic carbocycles. The van der Waals surface area contributed by atoms with Crippen molar-refractivity contribution in [2.45, 2.75) is 63.6 Å². The molecule has 2 saturated heterocycles. The number of ether oxygens (including phenoxy) is 4. The summed E-state index contributed by atoms with van der Waals surface area (Å²) in [6.07, 6.45) is 0.376. The molecule has 6 atom stereocenters. The average Bonchev–Trinajstić information content (AvgIpc) is 2.96. The fourth-order valence-corrected chi connectivity index (χ4v) is 4.06. The molecule has 1 aliphatic carbocycles. The molecule has 140 valence electrons. The molecule has 0 radical (unpaired) electrons. The molecule has 4 aliphatic rings. The lowest BCUT2D eigenvalue weighted by Gasteiger charge is -2.27. The van der Waals surface area contributed by atoms with Crippen molar-refractivity contribution in [2.75, 3.05) is 0 Å². The van der Waals surface area contributed by atoms with Gasteiger partial charge in [0.15, 0.2) is 0 Å². The van der Waals surface area contributed by atoms with E-state index in [-0.39, 0.29) is 30.1 Å². The quantitative estimate of drug-likeness (QED) is 0.318. The minimum absolute atomic E-state index is 0.161. The van der Waals surface area contributed by atoms with Crippen LogP contribution in [-0.2, 0) is 33.3 Å². The Morgan fingerprint density at radius 1 is 1.31 bits per heavy atom. The van der Waals surface area contributed by atoms with Gasteiger partial charge >= 0.3 is 17.9 Å². The van der Waals surface area contributed by atoms with Crippen LogP contribution in [0.5, 0.6) is 0 Å². The highest BCUT2D eigenvalue weighted by Crippen LogP contribution is 2.51. The molecule has 0 amide bonds. The van der Waals surface area contributed by atoms with Crippen LogP contribution in [0, 0.1) is 11.8 Å². The molecule has 0 saturated carbocycles. The smallest absolute Gasteiger partial charge is 0.334 e. The Hall–Kier alpha value is -2.15. The number of epoxide rings is 1. The van der Waals surface area contributed by atoms with Gasteiger partial charge in [0, 0.05) is 24.0 Å². The van der Waals surface area contributed by atoms with Gasteiger partial charge in [0.05, 0.1) is 17.4 Å². The zero-order valence-corrected chi connectivity index (χ0v) is 15.0. The lowest BCUT2D eigenvalue weighted by atomic mass is 9.82. The molecule has 7 nitrogen and oxygen atoms in total. The van der Waals surface area contributed by atoms with Crippen molar-refractivity contribution < 1.29 is 33.3 Å². The van der Waals surface area contributed by atoms with Gasteiger partial charge < -0.3 is 18.9 Å². The van der Waals surface area contributed by atoms with E-state index >= 15 is 0 Å². The Morgan fingerprint density at radius 2 is 2.04 bits per heavy atom. The maximum Gasteiger partial charge on any atom is 0.334 e. The summed E-state index contributed by atoms with van der Waals surface area (Å²) in [6, 6.07) is 0. The first kappa shape index (κ1) is 17.3. The zero-order valence-electron chi connectivity index (χ0n) is 15.0. The molecule has 0 N–H and O–H groups in total. The van der Waals surface area contributed by atoms with Crippen molar-refractivity contribution in [1.29, 1.82) is 0 Å². The molecule has 0 aromatic rings. The maximum absolute atomic E-state index is 12.2. The fourth-order valence-electron chi connectivity index (χ4n) is 4.06. The third kappa shape index (κ3) is 2.65. The molecule has 0 unspecified atom stereocenters.